The Bertz CT molecular complexity index is 300. The maximum atomic E-state index is 11.4. The predicted octanol–water partition coefficient (Wildman–Crippen LogP) is 1.69. The van der Waals surface area contributed by atoms with Crippen molar-refractivity contribution < 1.29 is 14.4 Å². The van der Waals surface area contributed by atoms with Crippen molar-refractivity contribution in [1.82, 2.24) is 0 Å². The first-order chi connectivity index (χ1) is 9.33. The Morgan fingerprint density at radius 3 is 1.10 bits per heavy atom. The van der Waals surface area contributed by atoms with Crippen LogP contribution in [-0.4, -0.2) is 23.3 Å². The van der Waals surface area contributed by atoms with Gasteiger partial charge in [-0.2, -0.15) is 0 Å². The molecule has 0 spiro atoms. The molecule has 0 aliphatic carbocycles. The summed E-state index contributed by atoms with van der Waals surface area (Å²) in [5.74, 6) is 0.000348. The van der Waals surface area contributed by atoms with Crippen LogP contribution in [-0.2, 0) is 14.4 Å². The zero-order valence-electron chi connectivity index (χ0n) is 12.5. The lowest BCUT2D eigenvalue weighted by atomic mass is 10.0. The van der Waals surface area contributed by atoms with Crippen molar-refractivity contribution in [2.45, 2.75) is 65.2 Å². The first-order valence-electron chi connectivity index (χ1n) is 6.98. The van der Waals surface area contributed by atoms with Crippen LogP contribution in [0.4, 0.5) is 0 Å². The van der Waals surface area contributed by atoms with E-state index in [0.717, 1.165) is 12.8 Å². The molecular formula is C14H27N3O3. The van der Waals surface area contributed by atoms with Gasteiger partial charge in [0.05, 0.1) is 0 Å². The van der Waals surface area contributed by atoms with E-state index in [9.17, 15) is 14.4 Å². The van der Waals surface area contributed by atoms with Crippen LogP contribution >= 0.6 is 0 Å². The van der Waals surface area contributed by atoms with Crippen molar-refractivity contribution in [2.75, 3.05) is 0 Å². The summed E-state index contributed by atoms with van der Waals surface area (Å²) in [5, 5.41) is 6.06. The van der Waals surface area contributed by atoms with Gasteiger partial charge in [0.15, 0.2) is 5.96 Å². The SMILES string of the molecule is CCCC(=O)CCC(=O)CCC(=O)CCC.N=C(N)N. The van der Waals surface area contributed by atoms with Crippen LogP contribution in [0.1, 0.15) is 65.2 Å². The Balaban J connectivity index is 0. The lowest BCUT2D eigenvalue weighted by Crippen LogP contribution is -2.20. The molecule has 0 atom stereocenters. The van der Waals surface area contributed by atoms with E-state index in [0.29, 0.717) is 38.5 Å². The second-order valence-electron chi connectivity index (χ2n) is 4.57. The molecule has 0 aliphatic rings. The number of rotatable bonds is 10. The molecule has 116 valence electrons. The highest BCUT2D eigenvalue weighted by Crippen LogP contribution is 2.05. The molecule has 0 aromatic heterocycles. The first kappa shape index (κ1) is 20.6. The fraction of sp³-hybridized carbons (Fsp3) is 0.714. The van der Waals surface area contributed by atoms with E-state index in [1.165, 1.54) is 0 Å². The molecule has 0 rings (SSSR count). The van der Waals surface area contributed by atoms with Crippen molar-refractivity contribution in [3.8, 4) is 0 Å². The standard InChI is InChI=1S/C13H22O3.CH5N3/c1-3-5-11(14)7-9-13(16)10-8-12(15)6-4-2;2-1(3)4/h3-10H2,1-2H3;(H5,2,3,4). The molecular weight excluding hydrogens is 258 g/mol. The Labute approximate surface area is 120 Å². The molecule has 6 heteroatoms. The minimum Gasteiger partial charge on any atom is -0.370 e. The van der Waals surface area contributed by atoms with Gasteiger partial charge in [0.25, 0.3) is 0 Å². The van der Waals surface area contributed by atoms with E-state index >= 15 is 0 Å². The number of carbonyl (C=O) groups excluding carboxylic acids is 3. The van der Waals surface area contributed by atoms with Crippen molar-refractivity contribution in [2.24, 2.45) is 11.5 Å². The molecule has 0 heterocycles. The number of hydrogen-bond acceptors (Lipinski definition) is 4. The number of nitrogens with one attached hydrogen (secondary N) is 1. The third kappa shape index (κ3) is 18.6. The van der Waals surface area contributed by atoms with Crippen LogP contribution < -0.4 is 11.5 Å². The van der Waals surface area contributed by atoms with E-state index < -0.39 is 0 Å². The van der Waals surface area contributed by atoms with Gasteiger partial charge in [0.1, 0.15) is 17.3 Å². The lowest BCUT2D eigenvalue weighted by Gasteiger charge is -2.00. The summed E-state index contributed by atoms with van der Waals surface area (Å²) in [6.07, 6.45) is 4.08. The predicted molar refractivity (Wildman–Crippen MR) is 79.4 cm³/mol. The van der Waals surface area contributed by atoms with Gasteiger partial charge in [-0.15, -0.1) is 0 Å². The topological polar surface area (TPSA) is 127 Å². The number of ketones is 3. The zero-order chi connectivity index (χ0) is 16.0. The van der Waals surface area contributed by atoms with E-state index in [1.54, 1.807) is 0 Å². The summed E-state index contributed by atoms with van der Waals surface area (Å²) < 4.78 is 0. The maximum Gasteiger partial charge on any atom is 0.183 e. The van der Waals surface area contributed by atoms with Crippen molar-refractivity contribution in [1.29, 1.82) is 5.41 Å². The largest absolute Gasteiger partial charge is 0.370 e. The van der Waals surface area contributed by atoms with Gasteiger partial charge in [-0.1, -0.05) is 13.8 Å². The van der Waals surface area contributed by atoms with Crippen LogP contribution in [0, 0.1) is 5.41 Å². The molecule has 5 N–H and O–H groups in total. The lowest BCUT2D eigenvalue weighted by molar-refractivity contribution is -0.126. The van der Waals surface area contributed by atoms with Gasteiger partial charge in [-0.25, -0.2) is 0 Å². The summed E-state index contributed by atoms with van der Waals surface area (Å²) in [5.41, 5.74) is 8.94. The minimum atomic E-state index is -0.333. The molecule has 0 saturated heterocycles. The average molecular weight is 285 g/mol. The zero-order valence-corrected chi connectivity index (χ0v) is 12.5. The fourth-order valence-electron chi connectivity index (χ4n) is 1.49. The molecule has 0 aromatic carbocycles. The molecule has 0 fully saturated rings. The molecule has 20 heavy (non-hydrogen) atoms. The molecule has 0 unspecified atom stereocenters. The van der Waals surface area contributed by atoms with Crippen LogP contribution in [0.15, 0.2) is 0 Å². The highest BCUT2D eigenvalue weighted by molar-refractivity contribution is 5.89. The quantitative estimate of drug-likeness (QED) is 0.416. The van der Waals surface area contributed by atoms with E-state index in [2.05, 4.69) is 11.5 Å². The Morgan fingerprint density at radius 2 is 0.900 bits per heavy atom. The third-order valence-electron chi connectivity index (χ3n) is 2.42. The van der Waals surface area contributed by atoms with Gasteiger partial charge >= 0.3 is 0 Å². The first-order valence-corrected chi connectivity index (χ1v) is 6.98. The van der Waals surface area contributed by atoms with Crippen molar-refractivity contribution in [3.63, 3.8) is 0 Å². The van der Waals surface area contributed by atoms with Crippen LogP contribution in [0.25, 0.3) is 0 Å². The number of guanidine groups is 1. The molecule has 0 bridgehead atoms. The third-order valence-corrected chi connectivity index (χ3v) is 2.42. The second-order valence-corrected chi connectivity index (χ2v) is 4.57. The monoisotopic (exact) mass is 285 g/mol. The van der Waals surface area contributed by atoms with Crippen LogP contribution in [0.5, 0.6) is 0 Å². The molecule has 0 aromatic rings. The van der Waals surface area contributed by atoms with Crippen LogP contribution in [0.3, 0.4) is 0 Å². The summed E-state index contributed by atoms with van der Waals surface area (Å²) in [6, 6.07) is 0. The smallest absolute Gasteiger partial charge is 0.183 e. The summed E-state index contributed by atoms with van der Waals surface area (Å²) in [6.45, 7) is 3.90. The Morgan fingerprint density at radius 1 is 0.700 bits per heavy atom. The second kappa shape index (κ2) is 13.7. The fourth-order valence-corrected chi connectivity index (χ4v) is 1.49. The molecule has 0 saturated carbocycles. The van der Waals surface area contributed by atoms with Gasteiger partial charge < -0.3 is 11.5 Å². The molecule has 0 amide bonds. The van der Waals surface area contributed by atoms with Gasteiger partial charge in [0.2, 0.25) is 0 Å². The van der Waals surface area contributed by atoms with Gasteiger partial charge in [0, 0.05) is 38.5 Å². The van der Waals surface area contributed by atoms with E-state index in [-0.39, 0.29) is 23.3 Å². The van der Waals surface area contributed by atoms with Crippen LogP contribution in [0.2, 0.25) is 0 Å². The number of nitrogens with two attached hydrogens (primary N) is 2. The molecule has 0 aliphatic heterocycles. The number of hydrogen-bond donors (Lipinski definition) is 3. The average Bonchev–Trinajstić information content (AvgIpc) is 2.34. The van der Waals surface area contributed by atoms with Crippen molar-refractivity contribution >= 4 is 23.3 Å². The summed E-state index contributed by atoms with van der Waals surface area (Å²) in [4.78, 5) is 33.7. The van der Waals surface area contributed by atoms with Gasteiger partial charge in [-0.05, 0) is 12.8 Å². The normalized spacial score (nSPS) is 9.30. The highest BCUT2D eigenvalue weighted by atomic mass is 16.1. The van der Waals surface area contributed by atoms with E-state index in [4.69, 9.17) is 5.41 Å². The Kier molecular flexibility index (Phi) is 14.1. The number of carbonyl (C=O) groups is 3. The molecule has 6 nitrogen and oxygen atoms in total. The summed E-state index contributed by atoms with van der Waals surface area (Å²) in [7, 11) is 0. The highest BCUT2D eigenvalue weighted by Gasteiger charge is 2.08. The van der Waals surface area contributed by atoms with E-state index in [1.807, 2.05) is 13.8 Å². The molecule has 0 radical (unpaired) electrons. The summed E-state index contributed by atoms with van der Waals surface area (Å²) >= 11 is 0. The van der Waals surface area contributed by atoms with Gasteiger partial charge in [-0.3, -0.25) is 19.8 Å². The minimum absolute atomic E-state index is 0.0360. The number of Topliss-reactive ketones (excluding diaryl/α,β-unsaturated/α-hetero) is 3. The van der Waals surface area contributed by atoms with Crippen molar-refractivity contribution in [3.05, 3.63) is 0 Å². The maximum absolute atomic E-state index is 11.4. The Hall–Kier alpha value is -1.72.